The molecule has 4 rings (SSSR count). The van der Waals surface area contributed by atoms with Crippen molar-refractivity contribution in [2.45, 2.75) is 25.5 Å². The summed E-state index contributed by atoms with van der Waals surface area (Å²) in [5.74, 6) is 0.489. The molecule has 7 nitrogen and oxygen atoms in total. The van der Waals surface area contributed by atoms with Crippen LogP contribution in [0.1, 0.15) is 30.3 Å². The summed E-state index contributed by atoms with van der Waals surface area (Å²) in [4.78, 5) is 29.1. The van der Waals surface area contributed by atoms with Gasteiger partial charge in [-0.2, -0.15) is 5.10 Å². The van der Waals surface area contributed by atoms with E-state index < -0.39 is 0 Å². The minimum absolute atomic E-state index is 0.209. The Morgan fingerprint density at radius 3 is 2.92 bits per heavy atom. The van der Waals surface area contributed by atoms with Crippen LogP contribution in [0.25, 0.3) is 5.52 Å². The Balaban J connectivity index is 1.53. The van der Waals surface area contributed by atoms with Crippen LogP contribution < -0.4 is 5.56 Å². The summed E-state index contributed by atoms with van der Waals surface area (Å²) in [6.45, 7) is 0.815. The van der Waals surface area contributed by atoms with Gasteiger partial charge < -0.3 is 9.72 Å². The molecular formula is C18H18N4O3. The third-order valence-electron chi connectivity index (χ3n) is 4.43. The number of hydrogen-bond donors (Lipinski definition) is 1. The van der Waals surface area contributed by atoms with E-state index in [4.69, 9.17) is 4.74 Å². The van der Waals surface area contributed by atoms with E-state index in [9.17, 15) is 9.59 Å². The summed E-state index contributed by atoms with van der Waals surface area (Å²) in [6.07, 6.45) is 2.93. The number of fused-ring (bicyclic) bond motifs is 1. The van der Waals surface area contributed by atoms with Crippen LogP contribution in [0.5, 0.6) is 0 Å². The maximum absolute atomic E-state index is 12.5. The van der Waals surface area contributed by atoms with Crippen LogP contribution in [0.2, 0.25) is 0 Å². The average molecular weight is 338 g/mol. The molecular weight excluding hydrogens is 320 g/mol. The number of H-pyrrole nitrogens is 1. The fourth-order valence-electron chi connectivity index (χ4n) is 3.18. The number of amides is 1. The largest absolute Gasteiger partial charge is 0.445 e. The number of ether oxygens (including phenoxy) is 1. The summed E-state index contributed by atoms with van der Waals surface area (Å²) in [6, 6.07) is 12.7. The maximum Gasteiger partial charge on any atom is 0.410 e. The molecule has 0 aliphatic carbocycles. The normalized spacial score (nSPS) is 17.1. The number of carbonyl (C=O) groups excluding carboxylic acids is 1. The molecule has 1 atom stereocenters. The van der Waals surface area contributed by atoms with Gasteiger partial charge in [0, 0.05) is 12.7 Å². The predicted molar refractivity (Wildman–Crippen MR) is 91.1 cm³/mol. The van der Waals surface area contributed by atoms with E-state index in [1.165, 1.54) is 0 Å². The minimum atomic E-state index is -0.387. The molecule has 0 spiro atoms. The first-order chi connectivity index (χ1) is 12.2. The van der Waals surface area contributed by atoms with Gasteiger partial charge in [-0.3, -0.25) is 9.69 Å². The van der Waals surface area contributed by atoms with Crippen LogP contribution in [-0.4, -0.2) is 32.1 Å². The molecule has 3 heterocycles. The molecule has 128 valence electrons. The molecule has 2 aromatic heterocycles. The highest BCUT2D eigenvalue weighted by Crippen LogP contribution is 2.30. The van der Waals surface area contributed by atoms with Crippen LogP contribution in [0.4, 0.5) is 4.79 Å². The van der Waals surface area contributed by atoms with Gasteiger partial charge in [0.1, 0.15) is 12.1 Å². The van der Waals surface area contributed by atoms with Crippen molar-refractivity contribution in [3.63, 3.8) is 0 Å². The van der Waals surface area contributed by atoms with Crippen molar-refractivity contribution in [1.29, 1.82) is 0 Å². The monoisotopic (exact) mass is 338 g/mol. The Morgan fingerprint density at radius 1 is 1.24 bits per heavy atom. The van der Waals surface area contributed by atoms with Gasteiger partial charge in [0.15, 0.2) is 5.82 Å². The molecule has 1 aromatic carbocycles. The van der Waals surface area contributed by atoms with Crippen LogP contribution in [0, 0.1) is 0 Å². The van der Waals surface area contributed by atoms with E-state index in [1.807, 2.05) is 30.3 Å². The van der Waals surface area contributed by atoms with Crippen molar-refractivity contribution in [2.24, 2.45) is 0 Å². The van der Waals surface area contributed by atoms with Gasteiger partial charge in [-0.1, -0.05) is 30.3 Å². The van der Waals surface area contributed by atoms with E-state index >= 15 is 0 Å². The van der Waals surface area contributed by atoms with Crippen LogP contribution in [0.3, 0.4) is 0 Å². The Kier molecular flexibility index (Phi) is 3.97. The summed E-state index contributed by atoms with van der Waals surface area (Å²) in [5, 5.41) is 4.44. The SMILES string of the molecule is O=C(OCc1ccccc1)N1CCC[C@H]1c1nn2cccc2c(=O)[nH]1. The molecule has 1 saturated heterocycles. The molecule has 25 heavy (non-hydrogen) atoms. The van der Waals surface area contributed by atoms with Crippen molar-refractivity contribution < 1.29 is 9.53 Å². The Hall–Kier alpha value is -3.09. The van der Waals surface area contributed by atoms with Crippen LogP contribution in [0.15, 0.2) is 53.5 Å². The Labute approximate surface area is 143 Å². The zero-order valence-corrected chi connectivity index (χ0v) is 13.6. The number of benzene rings is 1. The minimum Gasteiger partial charge on any atom is -0.445 e. The lowest BCUT2D eigenvalue weighted by molar-refractivity contribution is 0.0906. The van der Waals surface area contributed by atoms with Gasteiger partial charge in [0.2, 0.25) is 0 Å². The second-order valence-corrected chi connectivity index (χ2v) is 6.07. The number of likely N-dealkylation sites (tertiary alicyclic amines) is 1. The van der Waals surface area contributed by atoms with E-state index in [0.29, 0.717) is 17.9 Å². The topological polar surface area (TPSA) is 79.7 Å². The summed E-state index contributed by atoms with van der Waals surface area (Å²) >= 11 is 0. The number of nitrogens with zero attached hydrogens (tertiary/aromatic N) is 3. The van der Waals surface area contributed by atoms with E-state index in [-0.39, 0.29) is 24.3 Å². The van der Waals surface area contributed by atoms with Gasteiger partial charge in [0.25, 0.3) is 5.56 Å². The second-order valence-electron chi connectivity index (χ2n) is 6.07. The highest BCUT2D eigenvalue weighted by atomic mass is 16.6. The molecule has 1 N–H and O–H groups in total. The molecule has 3 aromatic rings. The molecule has 7 heteroatoms. The van der Waals surface area contributed by atoms with Crippen LogP contribution >= 0.6 is 0 Å². The molecule has 1 aliphatic heterocycles. The number of hydrogen-bond acceptors (Lipinski definition) is 4. The van der Waals surface area contributed by atoms with Crippen LogP contribution in [-0.2, 0) is 11.3 Å². The average Bonchev–Trinajstić information content (AvgIpc) is 3.29. The highest BCUT2D eigenvalue weighted by molar-refractivity contribution is 5.68. The zero-order valence-electron chi connectivity index (χ0n) is 13.6. The lowest BCUT2D eigenvalue weighted by Gasteiger charge is -2.23. The van der Waals surface area contributed by atoms with Crippen molar-refractivity contribution in [3.05, 3.63) is 70.4 Å². The number of rotatable bonds is 3. The second kappa shape index (κ2) is 6.43. The molecule has 1 amide bonds. The third kappa shape index (κ3) is 3.00. The number of aromatic nitrogens is 3. The van der Waals surface area contributed by atoms with Crippen molar-refractivity contribution in [3.8, 4) is 0 Å². The van der Waals surface area contributed by atoms with E-state index in [0.717, 1.165) is 18.4 Å². The van der Waals surface area contributed by atoms with E-state index in [2.05, 4.69) is 10.1 Å². The molecule has 0 bridgehead atoms. The Morgan fingerprint density at radius 2 is 2.08 bits per heavy atom. The quantitative estimate of drug-likeness (QED) is 0.796. The van der Waals surface area contributed by atoms with Gasteiger partial charge in [-0.05, 0) is 30.5 Å². The fourth-order valence-corrected chi connectivity index (χ4v) is 3.18. The lowest BCUT2D eigenvalue weighted by atomic mass is 10.2. The highest BCUT2D eigenvalue weighted by Gasteiger charge is 2.33. The van der Waals surface area contributed by atoms with Gasteiger partial charge in [0.05, 0.1) is 6.04 Å². The van der Waals surface area contributed by atoms with Crippen molar-refractivity contribution in [1.82, 2.24) is 19.5 Å². The molecule has 0 saturated carbocycles. The molecule has 1 aliphatic rings. The smallest absolute Gasteiger partial charge is 0.410 e. The summed E-state index contributed by atoms with van der Waals surface area (Å²) in [5.41, 5.74) is 1.21. The first kappa shape index (κ1) is 15.4. The van der Waals surface area contributed by atoms with E-state index in [1.54, 1.807) is 27.7 Å². The standard InChI is InChI=1S/C18H18N4O3/c23-17-15-9-5-11-22(15)20-16(19-17)14-8-4-10-21(14)18(24)25-12-13-6-2-1-3-7-13/h1-3,5-7,9,11,14H,4,8,10,12H2,(H,19,20,23)/t14-/m0/s1. The molecule has 0 unspecified atom stereocenters. The molecule has 1 fully saturated rings. The Bertz CT molecular complexity index is 948. The van der Waals surface area contributed by atoms with Crippen molar-refractivity contribution >= 4 is 11.6 Å². The predicted octanol–water partition coefficient (Wildman–Crippen LogP) is 2.50. The number of carbonyl (C=O) groups is 1. The lowest BCUT2D eigenvalue weighted by Crippen LogP contribution is -2.33. The summed E-state index contributed by atoms with van der Waals surface area (Å²) < 4.78 is 6.97. The van der Waals surface area contributed by atoms with Gasteiger partial charge in [-0.25, -0.2) is 9.31 Å². The number of aromatic amines is 1. The molecule has 0 radical (unpaired) electrons. The summed E-state index contributed by atoms with van der Waals surface area (Å²) in [7, 11) is 0. The van der Waals surface area contributed by atoms with Gasteiger partial charge >= 0.3 is 6.09 Å². The first-order valence-corrected chi connectivity index (χ1v) is 8.27. The first-order valence-electron chi connectivity index (χ1n) is 8.27. The number of nitrogens with one attached hydrogen (secondary N) is 1. The third-order valence-corrected chi connectivity index (χ3v) is 4.43. The fraction of sp³-hybridized carbons (Fsp3) is 0.278. The van der Waals surface area contributed by atoms with Gasteiger partial charge in [-0.15, -0.1) is 0 Å². The van der Waals surface area contributed by atoms with Crippen molar-refractivity contribution in [2.75, 3.05) is 6.54 Å². The zero-order chi connectivity index (χ0) is 17.2. The maximum atomic E-state index is 12.5.